The normalized spacial score (nSPS) is 14.5. The van der Waals surface area contributed by atoms with Crippen LogP contribution in [0.1, 0.15) is 16.8 Å². The second kappa shape index (κ2) is 10.0. The second-order valence-electron chi connectivity index (χ2n) is 8.99. The highest BCUT2D eigenvalue weighted by Crippen LogP contribution is 2.32. The zero-order chi connectivity index (χ0) is 25.4. The summed E-state index contributed by atoms with van der Waals surface area (Å²) in [5.74, 6) is -0.956. The quantitative estimate of drug-likeness (QED) is 0.231. The van der Waals surface area contributed by atoms with Gasteiger partial charge in [-0.2, -0.15) is 0 Å². The second-order valence-corrected chi connectivity index (χ2v) is 10.0. The van der Waals surface area contributed by atoms with Gasteiger partial charge in [0, 0.05) is 31.6 Å². The van der Waals surface area contributed by atoms with E-state index < -0.39 is 17.3 Å². The Balaban J connectivity index is 1.39. The highest BCUT2D eigenvalue weighted by molar-refractivity contribution is 7.22. The van der Waals surface area contributed by atoms with Crippen molar-refractivity contribution in [2.75, 3.05) is 44.3 Å². The van der Waals surface area contributed by atoms with Crippen LogP contribution in [-0.4, -0.2) is 55.2 Å². The van der Waals surface area contributed by atoms with Crippen molar-refractivity contribution in [3.63, 3.8) is 0 Å². The molecule has 0 spiro atoms. The molecule has 0 unspecified atom stereocenters. The van der Waals surface area contributed by atoms with Crippen molar-refractivity contribution in [3.8, 4) is 0 Å². The molecule has 37 heavy (non-hydrogen) atoms. The van der Waals surface area contributed by atoms with E-state index in [0.717, 1.165) is 30.4 Å². The summed E-state index contributed by atoms with van der Waals surface area (Å²) >= 11 is 1.23. The molecule has 3 aromatic carbocycles. The first-order chi connectivity index (χ1) is 18.1. The molecular weight excluding hydrogens is 493 g/mol. The predicted molar refractivity (Wildman–Crippen MR) is 143 cm³/mol. The van der Waals surface area contributed by atoms with Crippen molar-refractivity contribution in [1.82, 2.24) is 9.88 Å². The maximum Gasteiger partial charge on any atom is 0.349 e. The SMILES string of the molecule is O=C(c1cc2c(ccc3ccccc32)oc1=O)N(CCCN1CCOCC1)c1nc2c(F)cccc2s1. The number of morpholine rings is 1. The van der Waals surface area contributed by atoms with Crippen molar-refractivity contribution in [1.29, 1.82) is 0 Å². The fraction of sp³-hybridized carbons (Fsp3) is 0.250. The first-order valence-electron chi connectivity index (χ1n) is 12.2. The summed E-state index contributed by atoms with van der Waals surface area (Å²) < 4.78 is 26.1. The molecule has 1 fully saturated rings. The van der Waals surface area contributed by atoms with Gasteiger partial charge in [0.05, 0.1) is 17.9 Å². The van der Waals surface area contributed by atoms with Crippen LogP contribution in [0.4, 0.5) is 9.52 Å². The molecule has 1 aliphatic heterocycles. The molecule has 1 amide bonds. The van der Waals surface area contributed by atoms with E-state index in [4.69, 9.17) is 9.15 Å². The van der Waals surface area contributed by atoms with Crippen LogP contribution >= 0.6 is 11.3 Å². The molecule has 9 heteroatoms. The number of para-hydroxylation sites is 1. The van der Waals surface area contributed by atoms with Crippen molar-refractivity contribution >= 4 is 54.3 Å². The number of carbonyl (C=O) groups excluding carboxylic acids is 1. The molecule has 5 aromatic rings. The average Bonchev–Trinajstić information content (AvgIpc) is 3.36. The molecule has 0 N–H and O–H groups in total. The lowest BCUT2D eigenvalue weighted by Crippen LogP contribution is -2.40. The van der Waals surface area contributed by atoms with Gasteiger partial charge in [0.15, 0.2) is 5.13 Å². The number of hydrogen-bond acceptors (Lipinski definition) is 7. The van der Waals surface area contributed by atoms with E-state index in [-0.39, 0.29) is 11.1 Å². The van der Waals surface area contributed by atoms with Gasteiger partial charge >= 0.3 is 5.63 Å². The van der Waals surface area contributed by atoms with Crippen LogP contribution in [0.3, 0.4) is 0 Å². The van der Waals surface area contributed by atoms with E-state index in [0.29, 0.717) is 47.0 Å². The van der Waals surface area contributed by atoms with Gasteiger partial charge in [0.25, 0.3) is 5.91 Å². The molecule has 0 atom stereocenters. The molecule has 1 saturated heterocycles. The first kappa shape index (κ1) is 23.7. The number of amides is 1. The van der Waals surface area contributed by atoms with Crippen molar-refractivity contribution in [2.24, 2.45) is 0 Å². The summed E-state index contributed by atoms with van der Waals surface area (Å²) in [5, 5.41) is 2.90. The first-order valence-corrected chi connectivity index (χ1v) is 13.0. The van der Waals surface area contributed by atoms with Crippen molar-refractivity contribution < 1.29 is 18.3 Å². The number of benzene rings is 3. The van der Waals surface area contributed by atoms with Gasteiger partial charge in [-0.1, -0.05) is 47.7 Å². The minimum Gasteiger partial charge on any atom is -0.422 e. The summed E-state index contributed by atoms with van der Waals surface area (Å²) in [7, 11) is 0. The number of aromatic nitrogens is 1. The van der Waals surface area contributed by atoms with Crippen LogP contribution in [0.25, 0.3) is 32.0 Å². The van der Waals surface area contributed by atoms with E-state index in [9.17, 15) is 14.0 Å². The molecule has 0 bridgehead atoms. The Hall–Kier alpha value is -3.66. The van der Waals surface area contributed by atoms with Gasteiger partial charge in [-0.15, -0.1) is 0 Å². The van der Waals surface area contributed by atoms with Gasteiger partial charge in [-0.3, -0.25) is 14.6 Å². The Morgan fingerprint density at radius 3 is 2.73 bits per heavy atom. The molecule has 7 nitrogen and oxygen atoms in total. The topological polar surface area (TPSA) is 75.9 Å². The number of thiazole rings is 1. The van der Waals surface area contributed by atoms with Crippen LogP contribution in [0.15, 0.2) is 69.9 Å². The Bertz CT molecular complexity index is 1680. The lowest BCUT2D eigenvalue weighted by Gasteiger charge is -2.27. The fourth-order valence-corrected chi connectivity index (χ4v) is 5.75. The zero-order valence-corrected chi connectivity index (χ0v) is 20.8. The number of nitrogens with zero attached hydrogens (tertiary/aromatic N) is 3. The molecule has 0 saturated carbocycles. The number of carbonyl (C=O) groups is 1. The van der Waals surface area contributed by atoms with Gasteiger partial charge in [-0.25, -0.2) is 14.2 Å². The van der Waals surface area contributed by atoms with Crippen LogP contribution in [0.2, 0.25) is 0 Å². The van der Waals surface area contributed by atoms with Crippen LogP contribution in [-0.2, 0) is 4.74 Å². The molecule has 3 heterocycles. The minimum absolute atomic E-state index is 0.0741. The van der Waals surface area contributed by atoms with Crippen LogP contribution < -0.4 is 10.5 Å². The number of rotatable bonds is 6. The Labute approximate surface area is 215 Å². The number of ether oxygens (including phenoxy) is 1. The van der Waals surface area contributed by atoms with Gasteiger partial charge < -0.3 is 9.15 Å². The van der Waals surface area contributed by atoms with Gasteiger partial charge in [0.1, 0.15) is 22.5 Å². The third kappa shape index (κ3) is 4.61. The van der Waals surface area contributed by atoms with Gasteiger partial charge in [-0.05, 0) is 41.5 Å². The summed E-state index contributed by atoms with van der Waals surface area (Å²) in [6.07, 6.45) is 0.659. The number of hydrogen-bond donors (Lipinski definition) is 0. The summed E-state index contributed by atoms with van der Waals surface area (Å²) in [4.78, 5) is 35.1. The van der Waals surface area contributed by atoms with E-state index in [2.05, 4.69) is 9.88 Å². The van der Waals surface area contributed by atoms with Crippen LogP contribution in [0.5, 0.6) is 0 Å². The lowest BCUT2D eigenvalue weighted by atomic mass is 10.0. The molecular formula is C28H24FN3O4S. The Morgan fingerprint density at radius 1 is 1.05 bits per heavy atom. The predicted octanol–water partition coefficient (Wildman–Crippen LogP) is 5.06. The van der Waals surface area contributed by atoms with Crippen molar-refractivity contribution in [2.45, 2.75) is 6.42 Å². The Morgan fingerprint density at radius 2 is 1.89 bits per heavy atom. The van der Waals surface area contributed by atoms with E-state index >= 15 is 0 Å². The van der Waals surface area contributed by atoms with Gasteiger partial charge in [0.2, 0.25) is 0 Å². The van der Waals surface area contributed by atoms with Crippen molar-refractivity contribution in [3.05, 3.63) is 82.5 Å². The maximum absolute atomic E-state index is 14.4. The van der Waals surface area contributed by atoms with E-state index in [1.165, 1.54) is 22.3 Å². The maximum atomic E-state index is 14.4. The summed E-state index contributed by atoms with van der Waals surface area (Å²) in [6.45, 7) is 4.13. The monoisotopic (exact) mass is 517 g/mol. The molecule has 188 valence electrons. The molecule has 0 aliphatic carbocycles. The van der Waals surface area contributed by atoms with E-state index in [1.54, 1.807) is 24.3 Å². The highest BCUT2D eigenvalue weighted by atomic mass is 32.1. The zero-order valence-electron chi connectivity index (χ0n) is 20.0. The minimum atomic E-state index is -0.710. The van der Waals surface area contributed by atoms with E-state index in [1.807, 2.05) is 30.3 Å². The highest BCUT2D eigenvalue weighted by Gasteiger charge is 2.26. The number of anilines is 1. The van der Waals surface area contributed by atoms with Crippen LogP contribution in [0, 0.1) is 5.82 Å². The molecule has 0 radical (unpaired) electrons. The smallest absolute Gasteiger partial charge is 0.349 e. The number of fused-ring (bicyclic) bond motifs is 4. The Kier molecular flexibility index (Phi) is 6.42. The standard InChI is InChI=1S/C28H24FN3O4S/c29-22-7-3-8-24-25(22)30-28(37-24)32(12-4-11-31-13-15-35-16-14-31)26(33)21-17-20-19-6-2-1-5-18(19)9-10-23(20)36-27(21)34/h1-3,5-10,17H,4,11-16H2. The summed E-state index contributed by atoms with van der Waals surface area (Å²) in [5.41, 5.74) is -0.153. The number of halogens is 1. The fourth-order valence-electron chi connectivity index (χ4n) is 4.75. The third-order valence-corrected chi connectivity index (χ3v) is 7.71. The lowest BCUT2D eigenvalue weighted by molar-refractivity contribution is 0.0376. The largest absolute Gasteiger partial charge is 0.422 e. The molecule has 1 aliphatic rings. The average molecular weight is 518 g/mol. The molecule has 2 aromatic heterocycles. The third-order valence-electron chi connectivity index (χ3n) is 6.67. The molecule has 6 rings (SSSR count). The summed E-state index contributed by atoms with van der Waals surface area (Å²) in [6, 6.07) is 17.7.